The molecule has 1 amide bonds. The van der Waals surface area contributed by atoms with Gasteiger partial charge in [0.2, 0.25) is 0 Å². The summed E-state index contributed by atoms with van der Waals surface area (Å²) in [6, 6.07) is 0. The molecule has 0 aromatic carbocycles. The van der Waals surface area contributed by atoms with E-state index in [-0.39, 0.29) is 18.6 Å². The van der Waals surface area contributed by atoms with E-state index in [0.717, 1.165) is 12.8 Å². The molecule has 1 fully saturated rings. The van der Waals surface area contributed by atoms with Crippen molar-refractivity contribution in [1.82, 2.24) is 4.90 Å². The van der Waals surface area contributed by atoms with Crippen LogP contribution < -0.4 is 0 Å². The molecule has 0 aromatic rings. The minimum atomic E-state index is -1.25. The Bertz CT molecular complexity index is 302. The zero-order valence-corrected chi connectivity index (χ0v) is 11.1. The van der Waals surface area contributed by atoms with E-state index < -0.39 is 11.8 Å². The topological polar surface area (TPSA) is 76.1 Å². The van der Waals surface area contributed by atoms with Crippen LogP contribution in [0.5, 0.6) is 0 Å². The number of carbonyl (C=O) groups is 2. The van der Waals surface area contributed by atoms with Crippen LogP contribution in [0.4, 0.5) is 9.59 Å². The summed E-state index contributed by atoms with van der Waals surface area (Å²) in [7, 11) is 0. The second-order valence-corrected chi connectivity index (χ2v) is 5.49. The van der Waals surface area contributed by atoms with E-state index in [1.807, 2.05) is 20.8 Å². The van der Waals surface area contributed by atoms with E-state index in [1.165, 1.54) is 0 Å². The van der Waals surface area contributed by atoms with Gasteiger partial charge >= 0.3 is 12.2 Å². The number of amides is 1. The van der Waals surface area contributed by atoms with Gasteiger partial charge in [0.1, 0.15) is 5.60 Å². The fourth-order valence-corrected chi connectivity index (χ4v) is 1.80. The van der Waals surface area contributed by atoms with Gasteiger partial charge in [0.15, 0.2) is 0 Å². The van der Waals surface area contributed by atoms with Crippen LogP contribution in [-0.2, 0) is 9.47 Å². The summed E-state index contributed by atoms with van der Waals surface area (Å²) in [6.07, 6.45) is -0.0661. The number of carbonyl (C=O) groups excluding carboxylic acids is 1. The van der Waals surface area contributed by atoms with Gasteiger partial charge in [-0.2, -0.15) is 0 Å². The van der Waals surface area contributed by atoms with Gasteiger partial charge in [-0.05, 0) is 39.5 Å². The van der Waals surface area contributed by atoms with Crippen molar-refractivity contribution in [3.05, 3.63) is 0 Å². The van der Waals surface area contributed by atoms with Crippen LogP contribution in [0.25, 0.3) is 0 Å². The highest BCUT2D eigenvalue weighted by atomic mass is 16.7. The maximum atomic E-state index is 11.8. The highest BCUT2D eigenvalue weighted by Gasteiger charge is 2.27. The zero-order valence-electron chi connectivity index (χ0n) is 11.1. The molecule has 1 heterocycles. The van der Waals surface area contributed by atoms with Crippen LogP contribution in [-0.4, -0.2) is 47.6 Å². The molecular formula is C12H21NO5. The molecule has 1 N–H and O–H groups in total. The van der Waals surface area contributed by atoms with E-state index in [0.29, 0.717) is 13.1 Å². The van der Waals surface area contributed by atoms with E-state index in [9.17, 15) is 9.59 Å². The minimum absolute atomic E-state index is 0.194. The number of hydrogen-bond acceptors (Lipinski definition) is 4. The van der Waals surface area contributed by atoms with Crippen molar-refractivity contribution in [1.29, 1.82) is 0 Å². The molecule has 0 radical (unpaired) electrons. The van der Waals surface area contributed by atoms with Crippen molar-refractivity contribution in [2.45, 2.75) is 39.2 Å². The summed E-state index contributed by atoms with van der Waals surface area (Å²) in [5.41, 5.74) is -0.486. The smallest absolute Gasteiger partial charge is 0.450 e. The molecule has 0 spiro atoms. The molecule has 6 heteroatoms. The fraction of sp³-hybridized carbons (Fsp3) is 0.833. The van der Waals surface area contributed by atoms with E-state index >= 15 is 0 Å². The maximum absolute atomic E-state index is 11.8. The first-order chi connectivity index (χ1) is 8.28. The Morgan fingerprint density at radius 1 is 1.28 bits per heavy atom. The zero-order chi connectivity index (χ0) is 13.8. The summed E-state index contributed by atoms with van der Waals surface area (Å²) in [5.74, 6) is 0.194. The van der Waals surface area contributed by atoms with Crippen LogP contribution in [0.2, 0.25) is 0 Å². The van der Waals surface area contributed by atoms with Crippen molar-refractivity contribution < 1.29 is 24.2 Å². The maximum Gasteiger partial charge on any atom is 0.505 e. The van der Waals surface area contributed by atoms with Gasteiger partial charge in [0.05, 0.1) is 6.61 Å². The number of ether oxygens (including phenoxy) is 2. The second-order valence-electron chi connectivity index (χ2n) is 5.49. The number of carboxylic acid groups (broad SMARTS) is 1. The third-order valence-corrected chi connectivity index (χ3v) is 2.71. The summed E-state index contributed by atoms with van der Waals surface area (Å²) in [4.78, 5) is 23.7. The molecule has 0 unspecified atom stereocenters. The van der Waals surface area contributed by atoms with Gasteiger partial charge in [-0.3, -0.25) is 0 Å². The first kappa shape index (κ1) is 14.6. The second kappa shape index (κ2) is 5.93. The lowest BCUT2D eigenvalue weighted by atomic mass is 9.98. The van der Waals surface area contributed by atoms with Gasteiger partial charge in [-0.25, -0.2) is 9.59 Å². The third kappa shape index (κ3) is 5.25. The first-order valence-corrected chi connectivity index (χ1v) is 6.11. The van der Waals surface area contributed by atoms with Crippen LogP contribution in [0.15, 0.2) is 0 Å². The Balaban J connectivity index is 2.30. The molecule has 0 saturated carbocycles. The van der Waals surface area contributed by atoms with Gasteiger partial charge in [0, 0.05) is 13.1 Å². The SMILES string of the molecule is CC(C)(C)OC(=O)N1CCC(COC(=O)O)CC1. The Labute approximate surface area is 107 Å². The molecule has 18 heavy (non-hydrogen) atoms. The van der Waals surface area contributed by atoms with Crippen molar-refractivity contribution in [3.8, 4) is 0 Å². The van der Waals surface area contributed by atoms with Crippen LogP contribution in [0.1, 0.15) is 33.6 Å². The normalized spacial score (nSPS) is 17.4. The van der Waals surface area contributed by atoms with Crippen LogP contribution in [0, 0.1) is 5.92 Å². The average Bonchev–Trinajstić information content (AvgIpc) is 2.24. The molecule has 1 aliphatic rings. The number of rotatable bonds is 2. The van der Waals surface area contributed by atoms with Crippen LogP contribution in [0.3, 0.4) is 0 Å². The third-order valence-electron chi connectivity index (χ3n) is 2.71. The van der Waals surface area contributed by atoms with Gasteiger partial charge < -0.3 is 19.5 Å². The monoisotopic (exact) mass is 259 g/mol. The number of piperidine rings is 1. The van der Waals surface area contributed by atoms with Crippen molar-refractivity contribution in [2.24, 2.45) is 5.92 Å². The Morgan fingerprint density at radius 3 is 2.28 bits per heavy atom. The van der Waals surface area contributed by atoms with E-state index in [2.05, 4.69) is 4.74 Å². The van der Waals surface area contributed by atoms with Crippen molar-refractivity contribution in [2.75, 3.05) is 19.7 Å². The summed E-state index contributed by atoms with van der Waals surface area (Å²) in [5, 5.41) is 8.41. The molecule has 104 valence electrons. The Morgan fingerprint density at radius 2 is 1.83 bits per heavy atom. The highest BCUT2D eigenvalue weighted by Crippen LogP contribution is 2.19. The first-order valence-electron chi connectivity index (χ1n) is 6.11. The van der Waals surface area contributed by atoms with Gasteiger partial charge in [-0.15, -0.1) is 0 Å². The molecular weight excluding hydrogens is 238 g/mol. The summed E-state index contributed by atoms with van der Waals surface area (Å²) >= 11 is 0. The summed E-state index contributed by atoms with van der Waals surface area (Å²) < 4.78 is 9.81. The van der Waals surface area contributed by atoms with Crippen LogP contribution >= 0.6 is 0 Å². The molecule has 0 aromatic heterocycles. The largest absolute Gasteiger partial charge is 0.505 e. The number of likely N-dealkylation sites (tertiary alicyclic amines) is 1. The average molecular weight is 259 g/mol. The van der Waals surface area contributed by atoms with E-state index in [1.54, 1.807) is 4.90 Å². The Hall–Kier alpha value is -1.46. The molecule has 6 nitrogen and oxygen atoms in total. The lowest BCUT2D eigenvalue weighted by Crippen LogP contribution is -2.42. The standard InChI is InChI=1S/C12H21NO5/c1-12(2,3)18-10(14)13-6-4-9(5-7-13)8-17-11(15)16/h9H,4-8H2,1-3H3,(H,15,16). The highest BCUT2D eigenvalue weighted by molar-refractivity contribution is 5.68. The van der Waals surface area contributed by atoms with Gasteiger partial charge in [-0.1, -0.05) is 0 Å². The molecule has 0 aliphatic carbocycles. The van der Waals surface area contributed by atoms with Crippen molar-refractivity contribution >= 4 is 12.2 Å². The lowest BCUT2D eigenvalue weighted by Gasteiger charge is -2.33. The predicted octanol–water partition coefficient (Wildman–Crippen LogP) is 2.33. The van der Waals surface area contributed by atoms with Gasteiger partial charge in [0.25, 0.3) is 0 Å². The molecule has 0 atom stereocenters. The molecule has 1 aliphatic heterocycles. The lowest BCUT2D eigenvalue weighted by molar-refractivity contribution is 0.0127. The molecule has 0 bridgehead atoms. The summed E-state index contributed by atoms with van der Waals surface area (Å²) in [6.45, 7) is 6.87. The molecule has 1 rings (SSSR count). The number of hydrogen-bond donors (Lipinski definition) is 1. The molecule has 1 saturated heterocycles. The van der Waals surface area contributed by atoms with Crippen molar-refractivity contribution in [3.63, 3.8) is 0 Å². The number of nitrogens with zero attached hydrogens (tertiary/aromatic N) is 1. The van der Waals surface area contributed by atoms with E-state index in [4.69, 9.17) is 9.84 Å². The quantitative estimate of drug-likeness (QED) is 0.770. The fourth-order valence-electron chi connectivity index (χ4n) is 1.80. The minimum Gasteiger partial charge on any atom is -0.450 e. The predicted molar refractivity (Wildman–Crippen MR) is 64.5 cm³/mol. The Kier molecular flexibility index (Phi) is 4.81.